The summed E-state index contributed by atoms with van der Waals surface area (Å²) in [6.45, 7) is 4.84. The maximum absolute atomic E-state index is 13.1. The highest BCUT2D eigenvalue weighted by Gasteiger charge is 2.31. The molecule has 1 aromatic carbocycles. The number of aliphatic imine (C=N–C) groups is 1. The van der Waals surface area contributed by atoms with E-state index >= 15 is 0 Å². The number of rotatable bonds is 7. The Kier molecular flexibility index (Phi) is 5.57. The molecular weight excluding hydrogens is 404 g/mol. The predicted molar refractivity (Wildman–Crippen MR) is 123 cm³/mol. The van der Waals surface area contributed by atoms with Gasteiger partial charge in [-0.15, -0.1) is 0 Å². The van der Waals surface area contributed by atoms with Crippen LogP contribution in [-0.2, 0) is 16.0 Å². The molecule has 4 aliphatic rings. The van der Waals surface area contributed by atoms with Crippen molar-refractivity contribution in [1.82, 2.24) is 9.80 Å². The van der Waals surface area contributed by atoms with Crippen molar-refractivity contribution in [2.75, 3.05) is 31.5 Å². The average Bonchev–Trinajstić information content (AvgIpc) is 3.36. The van der Waals surface area contributed by atoms with E-state index < -0.39 is 0 Å². The molecule has 2 fully saturated rings. The molecule has 7 heteroatoms. The number of amides is 3. The fourth-order valence-electron chi connectivity index (χ4n) is 4.89. The molecule has 7 nitrogen and oxygen atoms in total. The first-order valence-electron chi connectivity index (χ1n) is 11.8. The van der Waals surface area contributed by atoms with Crippen LogP contribution >= 0.6 is 0 Å². The van der Waals surface area contributed by atoms with Gasteiger partial charge in [0.25, 0.3) is 11.8 Å². The fourth-order valence-corrected chi connectivity index (χ4v) is 4.89. The van der Waals surface area contributed by atoms with E-state index in [1.54, 1.807) is 0 Å². The summed E-state index contributed by atoms with van der Waals surface area (Å²) in [5, 5.41) is 2.97. The number of carbonyl (C=O) groups is 3. The zero-order chi connectivity index (χ0) is 22.2. The number of benzene rings is 1. The van der Waals surface area contributed by atoms with Crippen molar-refractivity contribution >= 4 is 29.1 Å². The van der Waals surface area contributed by atoms with Gasteiger partial charge in [-0.3, -0.25) is 19.4 Å². The Morgan fingerprint density at radius 3 is 2.69 bits per heavy atom. The highest BCUT2D eigenvalue weighted by Crippen LogP contribution is 2.35. The molecule has 168 valence electrons. The lowest BCUT2D eigenvalue weighted by molar-refractivity contribution is -0.127. The van der Waals surface area contributed by atoms with Crippen LogP contribution in [0.1, 0.15) is 60.0 Å². The van der Waals surface area contributed by atoms with Gasteiger partial charge in [-0.25, -0.2) is 0 Å². The molecule has 0 bridgehead atoms. The van der Waals surface area contributed by atoms with Gasteiger partial charge in [-0.1, -0.05) is 6.07 Å². The first-order valence-corrected chi connectivity index (χ1v) is 11.8. The Bertz CT molecular complexity index is 1040. The molecule has 0 aromatic heterocycles. The van der Waals surface area contributed by atoms with Crippen LogP contribution < -0.4 is 5.32 Å². The number of allylic oxidation sites excluding steroid dienone is 1. The third-order valence-corrected chi connectivity index (χ3v) is 6.94. The molecule has 1 aromatic rings. The summed E-state index contributed by atoms with van der Waals surface area (Å²) in [4.78, 5) is 46.0. The minimum Gasteiger partial charge on any atom is -0.343 e. The van der Waals surface area contributed by atoms with Gasteiger partial charge in [-0.2, -0.15) is 0 Å². The second-order valence-electron chi connectivity index (χ2n) is 9.33. The van der Waals surface area contributed by atoms with Crippen molar-refractivity contribution in [3.05, 3.63) is 40.6 Å². The molecule has 5 rings (SSSR count). The average molecular weight is 435 g/mol. The molecule has 0 radical (unpaired) electrons. The first-order chi connectivity index (χ1) is 15.5. The lowest BCUT2D eigenvalue weighted by Gasteiger charge is -2.30. The van der Waals surface area contributed by atoms with E-state index in [-0.39, 0.29) is 17.7 Å². The van der Waals surface area contributed by atoms with E-state index in [0.717, 1.165) is 49.1 Å². The van der Waals surface area contributed by atoms with Gasteiger partial charge in [0.2, 0.25) is 5.91 Å². The minimum absolute atomic E-state index is 0.00335. The Morgan fingerprint density at radius 2 is 1.94 bits per heavy atom. The van der Waals surface area contributed by atoms with Crippen molar-refractivity contribution < 1.29 is 14.4 Å². The van der Waals surface area contributed by atoms with Gasteiger partial charge < -0.3 is 15.1 Å². The maximum atomic E-state index is 13.1. The summed E-state index contributed by atoms with van der Waals surface area (Å²) in [6, 6.07) is 3.84. The summed E-state index contributed by atoms with van der Waals surface area (Å²) in [6.07, 6.45) is 8.20. The van der Waals surface area contributed by atoms with Crippen LogP contribution in [0, 0.1) is 12.8 Å². The van der Waals surface area contributed by atoms with Crippen molar-refractivity contribution in [3.63, 3.8) is 0 Å². The Hall–Kier alpha value is -2.96. The van der Waals surface area contributed by atoms with E-state index in [1.807, 2.05) is 34.9 Å². The molecule has 1 N–H and O–H groups in total. The number of aryl methyl sites for hydroxylation is 1. The fraction of sp³-hybridized carbons (Fsp3) is 0.520. The van der Waals surface area contributed by atoms with Crippen molar-refractivity contribution in [2.24, 2.45) is 10.9 Å². The van der Waals surface area contributed by atoms with E-state index in [0.29, 0.717) is 48.9 Å². The summed E-state index contributed by atoms with van der Waals surface area (Å²) in [5.74, 6) is 0.582. The zero-order valence-corrected chi connectivity index (χ0v) is 18.7. The SMILES string of the molecule is Cc1cc2c(cc1NC(=O)C1=CCC(C3CC3)=N1)C(=O)N(CCCN1CCCC1=O)CC2. The summed E-state index contributed by atoms with van der Waals surface area (Å²) >= 11 is 0. The van der Waals surface area contributed by atoms with Crippen molar-refractivity contribution in [3.8, 4) is 0 Å². The molecule has 0 unspecified atom stereocenters. The Morgan fingerprint density at radius 1 is 1.12 bits per heavy atom. The van der Waals surface area contributed by atoms with Gasteiger partial charge in [-0.05, 0) is 68.2 Å². The first kappa shape index (κ1) is 20.9. The summed E-state index contributed by atoms with van der Waals surface area (Å²) < 4.78 is 0. The van der Waals surface area contributed by atoms with Crippen LogP contribution in [0.3, 0.4) is 0 Å². The van der Waals surface area contributed by atoms with Gasteiger partial charge in [0.05, 0.1) is 0 Å². The largest absolute Gasteiger partial charge is 0.343 e. The third-order valence-electron chi connectivity index (χ3n) is 6.94. The highest BCUT2D eigenvalue weighted by molar-refractivity contribution is 6.09. The van der Waals surface area contributed by atoms with Crippen LogP contribution in [0.4, 0.5) is 5.69 Å². The molecular formula is C25H30N4O3. The van der Waals surface area contributed by atoms with Crippen LogP contribution in [0.2, 0.25) is 0 Å². The van der Waals surface area contributed by atoms with Crippen LogP contribution in [0.15, 0.2) is 28.9 Å². The number of carbonyl (C=O) groups excluding carboxylic acids is 3. The van der Waals surface area contributed by atoms with E-state index in [9.17, 15) is 14.4 Å². The molecule has 1 saturated heterocycles. The van der Waals surface area contributed by atoms with Crippen LogP contribution in [-0.4, -0.2) is 59.4 Å². The monoisotopic (exact) mass is 434 g/mol. The number of fused-ring (bicyclic) bond motifs is 1. The van der Waals surface area contributed by atoms with Gasteiger partial charge in [0.1, 0.15) is 5.70 Å². The van der Waals surface area contributed by atoms with Gasteiger partial charge in [0.15, 0.2) is 0 Å². The topological polar surface area (TPSA) is 82.1 Å². The predicted octanol–water partition coefficient (Wildman–Crippen LogP) is 3.08. The van der Waals surface area contributed by atoms with Crippen LogP contribution in [0.25, 0.3) is 0 Å². The molecule has 3 amide bonds. The minimum atomic E-state index is -0.209. The normalized spacial score (nSPS) is 20.4. The van der Waals surface area contributed by atoms with Crippen molar-refractivity contribution in [2.45, 2.75) is 51.9 Å². The summed E-state index contributed by atoms with van der Waals surface area (Å²) in [5.41, 5.74) is 4.92. The number of hydrogen-bond donors (Lipinski definition) is 1. The highest BCUT2D eigenvalue weighted by atomic mass is 16.2. The number of likely N-dealkylation sites (tertiary alicyclic amines) is 1. The van der Waals surface area contributed by atoms with Gasteiger partial charge in [0, 0.05) is 56.0 Å². The second kappa shape index (κ2) is 8.52. The third kappa shape index (κ3) is 4.20. The molecule has 32 heavy (non-hydrogen) atoms. The smallest absolute Gasteiger partial charge is 0.273 e. The Balaban J connectivity index is 1.24. The van der Waals surface area contributed by atoms with Gasteiger partial charge >= 0.3 is 0 Å². The summed E-state index contributed by atoms with van der Waals surface area (Å²) in [7, 11) is 0. The quantitative estimate of drug-likeness (QED) is 0.716. The van der Waals surface area contributed by atoms with E-state index in [2.05, 4.69) is 10.3 Å². The number of nitrogens with zero attached hydrogens (tertiary/aromatic N) is 3. The molecule has 1 saturated carbocycles. The molecule has 0 spiro atoms. The maximum Gasteiger partial charge on any atom is 0.273 e. The molecule has 3 heterocycles. The van der Waals surface area contributed by atoms with E-state index in [1.165, 1.54) is 12.8 Å². The molecule has 0 atom stereocenters. The van der Waals surface area contributed by atoms with Crippen LogP contribution in [0.5, 0.6) is 0 Å². The standard InChI is InChI=1S/C25H30N4O3/c1-16-14-18-9-13-29(12-3-11-28-10-2-4-23(28)30)25(32)19(18)15-22(16)27-24(31)21-8-7-20(26-21)17-5-6-17/h8,14-15,17H,2-7,9-13H2,1H3,(H,27,31). The van der Waals surface area contributed by atoms with Crippen molar-refractivity contribution in [1.29, 1.82) is 0 Å². The van der Waals surface area contributed by atoms with E-state index in [4.69, 9.17) is 0 Å². The zero-order valence-electron chi connectivity index (χ0n) is 18.7. The number of anilines is 1. The number of nitrogens with one attached hydrogen (secondary N) is 1. The molecule has 1 aliphatic carbocycles. The second-order valence-corrected chi connectivity index (χ2v) is 9.33. The lowest BCUT2D eigenvalue weighted by Crippen LogP contribution is -2.39. The lowest BCUT2D eigenvalue weighted by atomic mass is 9.95. The molecule has 3 aliphatic heterocycles. The Labute approximate surface area is 188 Å². The number of hydrogen-bond acceptors (Lipinski definition) is 4.